The zero-order valence-corrected chi connectivity index (χ0v) is 7.52. The molecule has 3 N–H and O–H groups in total. The Bertz CT molecular complexity index is 322. The van der Waals surface area contributed by atoms with Crippen molar-refractivity contribution >= 4 is 11.9 Å². The lowest BCUT2D eigenvalue weighted by atomic mass is 10.2. The molecule has 1 amide bonds. The average molecular weight is 198 g/mol. The van der Waals surface area contributed by atoms with E-state index in [-0.39, 0.29) is 5.69 Å². The molecular formula is C7H10N4O3. The van der Waals surface area contributed by atoms with E-state index in [9.17, 15) is 9.59 Å². The summed E-state index contributed by atoms with van der Waals surface area (Å²) in [6.45, 7) is 1.67. The fourth-order valence-corrected chi connectivity index (χ4v) is 0.882. The molecule has 1 aromatic heterocycles. The molecule has 0 radical (unpaired) electrons. The summed E-state index contributed by atoms with van der Waals surface area (Å²) in [5, 5.41) is 20.2. The molecule has 1 unspecified atom stereocenters. The van der Waals surface area contributed by atoms with E-state index in [2.05, 4.69) is 20.7 Å². The van der Waals surface area contributed by atoms with Crippen LogP contribution in [-0.4, -0.2) is 38.4 Å². The van der Waals surface area contributed by atoms with Crippen LogP contribution >= 0.6 is 0 Å². The van der Waals surface area contributed by atoms with Crippen LogP contribution in [0.3, 0.4) is 0 Å². The van der Waals surface area contributed by atoms with Crippen molar-refractivity contribution in [2.45, 2.75) is 19.4 Å². The number of hydrogen-bond donors (Lipinski definition) is 3. The Morgan fingerprint density at radius 1 is 1.71 bits per heavy atom. The van der Waals surface area contributed by atoms with Crippen molar-refractivity contribution in [3.05, 3.63) is 11.9 Å². The van der Waals surface area contributed by atoms with Gasteiger partial charge in [0, 0.05) is 0 Å². The van der Waals surface area contributed by atoms with E-state index in [0.717, 1.165) is 0 Å². The van der Waals surface area contributed by atoms with Gasteiger partial charge in [-0.15, -0.1) is 0 Å². The summed E-state index contributed by atoms with van der Waals surface area (Å²) in [5.41, 5.74) is 0.0738. The normalized spacial score (nSPS) is 12.1. The van der Waals surface area contributed by atoms with Crippen LogP contribution in [-0.2, 0) is 4.79 Å². The molecule has 1 atom stereocenters. The van der Waals surface area contributed by atoms with Crippen LogP contribution in [0.1, 0.15) is 23.8 Å². The molecule has 0 saturated heterocycles. The maximum absolute atomic E-state index is 11.3. The summed E-state index contributed by atoms with van der Waals surface area (Å²) in [4.78, 5) is 21.9. The molecule has 1 rings (SSSR count). The number of amides is 1. The van der Waals surface area contributed by atoms with Gasteiger partial charge >= 0.3 is 5.97 Å². The van der Waals surface area contributed by atoms with Gasteiger partial charge in [-0.25, -0.2) is 4.79 Å². The Labute approximate surface area is 79.5 Å². The quantitative estimate of drug-likeness (QED) is 0.598. The summed E-state index contributed by atoms with van der Waals surface area (Å²) in [6.07, 6.45) is 1.54. The van der Waals surface area contributed by atoms with E-state index < -0.39 is 17.9 Å². The van der Waals surface area contributed by atoms with E-state index in [1.165, 1.54) is 6.20 Å². The first-order valence-corrected chi connectivity index (χ1v) is 4.04. The Kier molecular flexibility index (Phi) is 3.16. The van der Waals surface area contributed by atoms with Gasteiger partial charge in [-0.05, 0) is 6.42 Å². The smallest absolute Gasteiger partial charge is 0.326 e. The van der Waals surface area contributed by atoms with Crippen LogP contribution < -0.4 is 5.32 Å². The van der Waals surface area contributed by atoms with Crippen molar-refractivity contribution in [1.82, 2.24) is 20.7 Å². The van der Waals surface area contributed by atoms with Gasteiger partial charge in [-0.3, -0.25) is 4.79 Å². The number of nitrogens with zero attached hydrogens (tertiary/aromatic N) is 2. The second kappa shape index (κ2) is 4.35. The zero-order chi connectivity index (χ0) is 10.6. The number of rotatable bonds is 4. The highest BCUT2D eigenvalue weighted by molar-refractivity contribution is 5.94. The topological polar surface area (TPSA) is 108 Å². The Balaban J connectivity index is 2.60. The molecule has 76 valence electrons. The molecule has 7 nitrogen and oxygen atoms in total. The first kappa shape index (κ1) is 10.2. The molecule has 0 aliphatic heterocycles. The zero-order valence-electron chi connectivity index (χ0n) is 7.52. The minimum absolute atomic E-state index is 0.0738. The first-order valence-electron chi connectivity index (χ1n) is 4.04. The summed E-state index contributed by atoms with van der Waals surface area (Å²) >= 11 is 0. The Morgan fingerprint density at radius 2 is 2.43 bits per heavy atom. The van der Waals surface area contributed by atoms with Crippen LogP contribution in [0.15, 0.2) is 6.20 Å². The lowest BCUT2D eigenvalue weighted by molar-refractivity contribution is -0.139. The molecule has 1 heterocycles. The van der Waals surface area contributed by atoms with Crippen molar-refractivity contribution in [3.63, 3.8) is 0 Å². The van der Waals surface area contributed by atoms with Crippen molar-refractivity contribution in [1.29, 1.82) is 0 Å². The summed E-state index contributed by atoms with van der Waals surface area (Å²) < 4.78 is 0. The molecule has 0 spiro atoms. The van der Waals surface area contributed by atoms with Crippen LogP contribution in [0, 0.1) is 0 Å². The summed E-state index contributed by atoms with van der Waals surface area (Å²) in [7, 11) is 0. The van der Waals surface area contributed by atoms with Crippen molar-refractivity contribution < 1.29 is 14.7 Å². The molecule has 7 heteroatoms. The van der Waals surface area contributed by atoms with Crippen LogP contribution in [0.2, 0.25) is 0 Å². The van der Waals surface area contributed by atoms with Crippen molar-refractivity contribution in [3.8, 4) is 0 Å². The van der Waals surface area contributed by atoms with E-state index in [1.807, 2.05) is 0 Å². The fourth-order valence-electron chi connectivity index (χ4n) is 0.882. The number of aromatic nitrogens is 3. The van der Waals surface area contributed by atoms with Crippen molar-refractivity contribution in [2.75, 3.05) is 0 Å². The number of aromatic amines is 1. The number of H-pyrrole nitrogens is 1. The average Bonchev–Trinajstić information content (AvgIpc) is 2.65. The first-order chi connectivity index (χ1) is 6.65. The molecule has 14 heavy (non-hydrogen) atoms. The molecule has 0 aliphatic carbocycles. The van der Waals surface area contributed by atoms with Gasteiger partial charge in [-0.2, -0.15) is 15.4 Å². The van der Waals surface area contributed by atoms with E-state index >= 15 is 0 Å². The third-order valence-corrected chi connectivity index (χ3v) is 1.66. The minimum Gasteiger partial charge on any atom is -0.480 e. The Morgan fingerprint density at radius 3 is 2.86 bits per heavy atom. The van der Waals surface area contributed by atoms with Gasteiger partial charge in [0.05, 0.1) is 6.20 Å². The highest BCUT2D eigenvalue weighted by Crippen LogP contribution is 1.94. The monoisotopic (exact) mass is 198 g/mol. The van der Waals surface area contributed by atoms with Gasteiger partial charge in [0.25, 0.3) is 5.91 Å². The number of carbonyl (C=O) groups is 2. The predicted molar refractivity (Wildman–Crippen MR) is 45.6 cm³/mol. The third-order valence-electron chi connectivity index (χ3n) is 1.66. The maximum Gasteiger partial charge on any atom is 0.326 e. The number of aliphatic carboxylic acids is 1. The second-order valence-corrected chi connectivity index (χ2v) is 2.63. The van der Waals surface area contributed by atoms with E-state index in [0.29, 0.717) is 6.42 Å². The van der Waals surface area contributed by atoms with Crippen LogP contribution in [0.25, 0.3) is 0 Å². The number of carbonyl (C=O) groups excluding carboxylic acids is 1. The molecule has 0 bridgehead atoms. The summed E-state index contributed by atoms with van der Waals surface area (Å²) in [5.74, 6) is -1.61. The summed E-state index contributed by atoms with van der Waals surface area (Å²) in [6, 6.07) is -0.890. The predicted octanol–water partition coefficient (Wildman–Crippen LogP) is -0.602. The second-order valence-electron chi connectivity index (χ2n) is 2.63. The lowest BCUT2D eigenvalue weighted by Gasteiger charge is -2.10. The molecule has 0 saturated carbocycles. The standard InChI is InChI=1S/C7H10N4O3/c1-2-4(7(13)14)9-6(12)5-3-8-11-10-5/h3-4H,2H2,1H3,(H,9,12)(H,13,14)(H,8,10,11). The third kappa shape index (κ3) is 2.28. The van der Waals surface area contributed by atoms with E-state index in [4.69, 9.17) is 5.11 Å². The highest BCUT2D eigenvalue weighted by Gasteiger charge is 2.19. The number of nitrogens with one attached hydrogen (secondary N) is 2. The van der Waals surface area contributed by atoms with E-state index in [1.54, 1.807) is 6.92 Å². The maximum atomic E-state index is 11.3. The minimum atomic E-state index is -1.07. The fraction of sp³-hybridized carbons (Fsp3) is 0.429. The van der Waals surface area contributed by atoms with Gasteiger partial charge in [0.2, 0.25) is 0 Å². The van der Waals surface area contributed by atoms with Gasteiger partial charge in [-0.1, -0.05) is 6.92 Å². The molecule has 0 fully saturated rings. The van der Waals surface area contributed by atoms with Crippen molar-refractivity contribution in [2.24, 2.45) is 0 Å². The Hall–Kier alpha value is -1.92. The van der Waals surface area contributed by atoms with Gasteiger partial charge < -0.3 is 10.4 Å². The van der Waals surface area contributed by atoms with Gasteiger partial charge in [0.1, 0.15) is 6.04 Å². The number of hydrogen-bond acceptors (Lipinski definition) is 4. The number of carboxylic acid groups (broad SMARTS) is 1. The number of carboxylic acids is 1. The highest BCUT2D eigenvalue weighted by atomic mass is 16.4. The van der Waals surface area contributed by atoms with Crippen LogP contribution in [0.4, 0.5) is 0 Å². The van der Waals surface area contributed by atoms with Gasteiger partial charge in [0.15, 0.2) is 5.69 Å². The largest absolute Gasteiger partial charge is 0.480 e. The molecule has 0 aromatic carbocycles. The SMILES string of the molecule is CCC(NC(=O)c1cn[nH]n1)C(=O)O. The lowest BCUT2D eigenvalue weighted by Crippen LogP contribution is -2.40. The van der Waals surface area contributed by atoms with Crippen LogP contribution in [0.5, 0.6) is 0 Å². The molecular weight excluding hydrogens is 188 g/mol. The molecule has 0 aliphatic rings. The molecule has 1 aromatic rings.